The van der Waals surface area contributed by atoms with E-state index < -0.39 is 0 Å². The van der Waals surface area contributed by atoms with Crippen LogP contribution < -0.4 is 20.5 Å². The molecule has 19 heavy (non-hydrogen) atoms. The zero-order chi connectivity index (χ0) is 13.2. The van der Waals surface area contributed by atoms with Crippen LogP contribution in [-0.2, 0) is 4.79 Å². The molecule has 1 rings (SSSR count). The lowest BCUT2D eigenvalue weighted by Crippen LogP contribution is -2.27. The minimum atomic E-state index is -0.0149. The summed E-state index contributed by atoms with van der Waals surface area (Å²) in [6.07, 6.45) is 1.13. The predicted octanol–water partition coefficient (Wildman–Crippen LogP) is 1.35. The Morgan fingerprint density at radius 2 is 2.11 bits per heavy atom. The lowest BCUT2D eigenvalue weighted by atomic mass is 10.3. The average Bonchev–Trinajstić information content (AvgIpc) is 2.39. The molecule has 0 atom stereocenters. The third-order valence-corrected chi connectivity index (χ3v) is 2.32. The first kappa shape index (κ1) is 17.5. The van der Waals surface area contributed by atoms with Crippen LogP contribution in [0.5, 0.6) is 11.5 Å². The van der Waals surface area contributed by atoms with Crippen LogP contribution in [0.1, 0.15) is 12.8 Å². The van der Waals surface area contributed by atoms with Crippen molar-refractivity contribution in [2.45, 2.75) is 12.8 Å². The molecule has 0 spiro atoms. The number of rotatable bonds is 8. The summed E-state index contributed by atoms with van der Waals surface area (Å²) in [7, 11) is 1.62. The van der Waals surface area contributed by atoms with Gasteiger partial charge in [0.05, 0.1) is 13.7 Å². The maximum absolute atomic E-state index is 11.1. The summed E-state index contributed by atoms with van der Waals surface area (Å²) in [4.78, 5) is 11.1. The van der Waals surface area contributed by atoms with E-state index in [0.717, 1.165) is 17.9 Å². The molecule has 0 aliphatic heterocycles. The molecule has 5 nitrogen and oxygen atoms in total. The van der Waals surface area contributed by atoms with Crippen molar-refractivity contribution in [1.82, 2.24) is 5.32 Å². The topological polar surface area (TPSA) is 73.6 Å². The summed E-state index contributed by atoms with van der Waals surface area (Å²) < 4.78 is 10.6. The van der Waals surface area contributed by atoms with Crippen LogP contribution in [0.3, 0.4) is 0 Å². The number of amides is 1. The van der Waals surface area contributed by atoms with E-state index in [-0.39, 0.29) is 18.3 Å². The van der Waals surface area contributed by atoms with Gasteiger partial charge in [0.25, 0.3) is 0 Å². The molecular formula is C13H21ClN2O3. The molecule has 1 aromatic rings. The molecule has 1 aromatic carbocycles. The molecule has 0 saturated heterocycles. The Balaban J connectivity index is 0.00000324. The van der Waals surface area contributed by atoms with Crippen molar-refractivity contribution in [3.05, 3.63) is 24.3 Å². The third-order valence-electron chi connectivity index (χ3n) is 2.32. The first-order chi connectivity index (χ1) is 8.76. The Kier molecular flexibility index (Phi) is 9.66. The van der Waals surface area contributed by atoms with Crippen molar-refractivity contribution >= 4 is 18.3 Å². The van der Waals surface area contributed by atoms with E-state index >= 15 is 0 Å². The highest BCUT2D eigenvalue weighted by molar-refractivity contribution is 5.85. The van der Waals surface area contributed by atoms with Crippen molar-refractivity contribution < 1.29 is 14.3 Å². The lowest BCUT2D eigenvalue weighted by molar-refractivity contribution is -0.120. The van der Waals surface area contributed by atoms with Crippen molar-refractivity contribution in [2.24, 2.45) is 5.73 Å². The lowest BCUT2D eigenvalue weighted by Gasteiger charge is -2.08. The SMILES string of the molecule is COc1cccc(OCCCNC(=O)CCN)c1.Cl. The summed E-state index contributed by atoms with van der Waals surface area (Å²) in [5.41, 5.74) is 5.27. The smallest absolute Gasteiger partial charge is 0.221 e. The highest BCUT2D eigenvalue weighted by Crippen LogP contribution is 2.18. The Morgan fingerprint density at radius 1 is 1.37 bits per heavy atom. The normalized spacial score (nSPS) is 9.37. The molecular weight excluding hydrogens is 268 g/mol. The van der Waals surface area contributed by atoms with E-state index in [0.29, 0.717) is 26.1 Å². The van der Waals surface area contributed by atoms with Gasteiger partial charge in [0, 0.05) is 25.6 Å². The van der Waals surface area contributed by atoms with Gasteiger partial charge in [-0.2, -0.15) is 0 Å². The predicted molar refractivity (Wildman–Crippen MR) is 77.0 cm³/mol. The van der Waals surface area contributed by atoms with Gasteiger partial charge in [-0.3, -0.25) is 4.79 Å². The van der Waals surface area contributed by atoms with E-state index in [2.05, 4.69) is 5.32 Å². The Morgan fingerprint density at radius 3 is 2.79 bits per heavy atom. The fourth-order valence-electron chi connectivity index (χ4n) is 1.40. The van der Waals surface area contributed by atoms with Gasteiger partial charge in [0.2, 0.25) is 5.91 Å². The number of ether oxygens (including phenoxy) is 2. The van der Waals surface area contributed by atoms with Crippen LogP contribution in [-0.4, -0.2) is 32.7 Å². The van der Waals surface area contributed by atoms with Crippen LogP contribution in [0.25, 0.3) is 0 Å². The number of halogens is 1. The number of hydrogen-bond acceptors (Lipinski definition) is 4. The highest BCUT2D eigenvalue weighted by Gasteiger charge is 1.99. The number of carbonyl (C=O) groups excluding carboxylic acids is 1. The number of carbonyl (C=O) groups is 1. The minimum Gasteiger partial charge on any atom is -0.497 e. The Bertz CT molecular complexity index is 375. The number of nitrogens with one attached hydrogen (secondary N) is 1. The van der Waals surface area contributed by atoms with E-state index in [1.165, 1.54) is 0 Å². The highest BCUT2D eigenvalue weighted by atomic mass is 35.5. The number of benzene rings is 1. The van der Waals surface area contributed by atoms with E-state index in [9.17, 15) is 4.79 Å². The van der Waals surface area contributed by atoms with Crippen LogP contribution in [0, 0.1) is 0 Å². The molecule has 6 heteroatoms. The number of methoxy groups -OCH3 is 1. The second-order valence-corrected chi connectivity index (χ2v) is 3.77. The van der Waals surface area contributed by atoms with Crippen molar-refractivity contribution in [2.75, 3.05) is 26.8 Å². The van der Waals surface area contributed by atoms with Crippen LogP contribution >= 0.6 is 12.4 Å². The first-order valence-corrected chi connectivity index (χ1v) is 6.00. The Labute approximate surface area is 119 Å². The summed E-state index contributed by atoms with van der Waals surface area (Å²) in [5, 5.41) is 2.77. The monoisotopic (exact) mass is 288 g/mol. The molecule has 1 amide bonds. The molecule has 108 valence electrons. The first-order valence-electron chi connectivity index (χ1n) is 6.00. The van der Waals surface area contributed by atoms with Gasteiger partial charge in [-0.25, -0.2) is 0 Å². The van der Waals surface area contributed by atoms with Crippen molar-refractivity contribution in [1.29, 1.82) is 0 Å². The zero-order valence-corrected chi connectivity index (χ0v) is 11.9. The fourth-order valence-corrected chi connectivity index (χ4v) is 1.40. The largest absolute Gasteiger partial charge is 0.497 e. The number of hydrogen-bond donors (Lipinski definition) is 2. The third kappa shape index (κ3) is 7.54. The molecule has 0 fully saturated rings. The molecule has 0 unspecified atom stereocenters. The second kappa shape index (κ2) is 10.5. The minimum absolute atomic E-state index is 0. The molecule has 0 heterocycles. The maximum atomic E-state index is 11.1. The van der Waals surface area contributed by atoms with Crippen LogP contribution in [0.4, 0.5) is 0 Å². The molecule has 0 aliphatic rings. The van der Waals surface area contributed by atoms with Gasteiger partial charge < -0.3 is 20.5 Å². The van der Waals surface area contributed by atoms with Gasteiger partial charge in [-0.15, -0.1) is 12.4 Å². The van der Waals surface area contributed by atoms with E-state index in [1.54, 1.807) is 7.11 Å². The quantitative estimate of drug-likeness (QED) is 0.708. The molecule has 0 saturated carbocycles. The van der Waals surface area contributed by atoms with Crippen molar-refractivity contribution in [3.63, 3.8) is 0 Å². The van der Waals surface area contributed by atoms with Gasteiger partial charge in [0.1, 0.15) is 11.5 Å². The molecule has 3 N–H and O–H groups in total. The number of nitrogens with two attached hydrogens (primary N) is 1. The van der Waals surface area contributed by atoms with Crippen LogP contribution in [0.15, 0.2) is 24.3 Å². The van der Waals surface area contributed by atoms with Gasteiger partial charge in [-0.05, 0) is 18.6 Å². The van der Waals surface area contributed by atoms with Gasteiger partial charge in [0.15, 0.2) is 0 Å². The second-order valence-electron chi connectivity index (χ2n) is 3.77. The summed E-state index contributed by atoms with van der Waals surface area (Å²) >= 11 is 0. The standard InChI is InChI=1S/C13H20N2O3.ClH/c1-17-11-4-2-5-12(10-11)18-9-3-8-15-13(16)6-7-14;/h2,4-5,10H,3,6-9,14H2,1H3,(H,15,16);1H. The summed E-state index contributed by atoms with van der Waals surface area (Å²) in [5.74, 6) is 1.52. The molecule has 0 aromatic heterocycles. The molecule has 0 bridgehead atoms. The average molecular weight is 289 g/mol. The summed E-state index contributed by atoms with van der Waals surface area (Å²) in [6, 6.07) is 7.43. The molecule has 0 aliphatic carbocycles. The van der Waals surface area contributed by atoms with E-state index in [1.807, 2.05) is 24.3 Å². The zero-order valence-electron chi connectivity index (χ0n) is 11.1. The Hall–Kier alpha value is -1.46. The van der Waals surface area contributed by atoms with Crippen molar-refractivity contribution in [3.8, 4) is 11.5 Å². The van der Waals surface area contributed by atoms with Gasteiger partial charge >= 0.3 is 0 Å². The van der Waals surface area contributed by atoms with Gasteiger partial charge in [-0.1, -0.05) is 6.07 Å². The maximum Gasteiger partial charge on any atom is 0.221 e. The summed E-state index contributed by atoms with van der Waals surface area (Å²) in [6.45, 7) is 1.53. The molecule has 0 radical (unpaired) electrons. The van der Waals surface area contributed by atoms with Crippen LogP contribution in [0.2, 0.25) is 0 Å². The fraction of sp³-hybridized carbons (Fsp3) is 0.462. The van der Waals surface area contributed by atoms with E-state index in [4.69, 9.17) is 15.2 Å².